The number of carbonyl (C=O) groups is 2. The van der Waals surface area contributed by atoms with Gasteiger partial charge < -0.3 is 9.47 Å². The van der Waals surface area contributed by atoms with Crippen LogP contribution in [-0.4, -0.2) is 21.9 Å². The summed E-state index contributed by atoms with van der Waals surface area (Å²) in [5.41, 5.74) is 3.16. The van der Waals surface area contributed by atoms with E-state index in [1.54, 1.807) is 24.3 Å². The molecule has 1 saturated carbocycles. The Labute approximate surface area is 167 Å². The maximum atomic E-state index is 12.6. The van der Waals surface area contributed by atoms with Crippen molar-refractivity contribution in [1.82, 2.24) is 9.97 Å². The fourth-order valence-corrected chi connectivity index (χ4v) is 4.30. The fourth-order valence-electron chi connectivity index (χ4n) is 4.30. The van der Waals surface area contributed by atoms with Crippen molar-refractivity contribution < 1.29 is 19.1 Å². The van der Waals surface area contributed by atoms with Crippen LogP contribution in [0.4, 0.5) is 0 Å². The predicted octanol–water partition coefficient (Wildman–Crippen LogP) is 4.28. The molecule has 2 unspecified atom stereocenters. The molecule has 6 nitrogen and oxygen atoms in total. The zero-order chi connectivity index (χ0) is 19.8. The van der Waals surface area contributed by atoms with Gasteiger partial charge in [0.05, 0.1) is 11.1 Å². The summed E-state index contributed by atoms with van der Waals surface area (Å²) in [5.74, 6) is 0.464. The first-order chi connectivity index (χ1) is 14.2. The average molecular weight is 386 g/mol. The van der Waals surface area contributed by atoms with Crippen LogP contribution < -0.4 is 9.47 Å². The smallest absolute Gasteiger partial charge is 0.343 e. The van der Waals surface area contributed by atoms with E-state index in [1.807, 2.05) is 12.1 Å². The van der Waals surface area contributed by atoms with Crippen molar-refractivity contribution >= 4 is 11.9 Å². The second-order valence-electron chi connectivity index (χ2n) is 7.39. The highest BCUT2D eigenvalue weighted by Gasteiger charge is 2.38. The summed E-state index contributed by atoms with van der Waals surface area (Å²) in [4.78, 5) is 33.0. The van der Waals surface area contributed by atoms with Crippen LogP contribution in [0.3, 0.4) is 0 Å². The standard InChI is InChI=1S/C23H18N2O4/c26-22(14-3-7-24-8-4-14)28-20-12-18-16-1-2-17(11-16)19(18)13-21(20)29-23(27)15-5-9-25-10-6-15/h3-10,12-13,16-17H,1-2,11H2. The van der Waals surface area contributed by atoms with Gasteiger partial charge in [0.2, 0.25) is 0 Å². The summed E-state index contributed by atoms with van der Waals surface area (Å²) < 4.78 is 11.3. The van der Waals surface area contributed by atoms with E-state index in [1.165, 1.54) is 35.9 Å². The van der Waals surface area contributed by atoms with E-state index in [2.05, 4.69) is 9.97 Å². The van der Waals surface area contributed by atoms with Crippen LogP contribution in [0.1, 0.15) is 62.9 Å². The molecule has 0 radical (unpaired) electrons. The molecule has 29 heavy (non-hydrogen) atoms. The minimum Gasteiger partial charge on any atom is -0.419 e. The number of hydrogen-bond donors (Lipinski definition) is 0. The maximum Gasteiger partial charge on any atom is 0.343 e. The van der Waals surface area contributed by atoms with E-state index in [0.717, 1.165) is 19.3 Å². The minimum absolute atomic E-state index is 0.264. The molecule has 2 bridgehead atoms. The number of hydrogen-bond acceptors (Lipinski definition) is 6. The molecule has 3 aromatic rings. The molecule has 2 atom stereocenters. The van der Waals surface area contributed by atoms with Crippen LogP contribution in [0.2, 0.25) is 0 Å². The molecule has 0 saturated heterocycles. The molecular formula is C23H18N2O4. The average Bonchev–Trinajstić information content (AvgIpc) is 3.37. The van der Waals surface area contributed by atoms with Crippen LogP contribution in [0.5, 0.6) is 11.5 Å². The van der Waals surface area contributed by atoms with Crippen LogP contribution in [0.15, 0.2) is 61.2 Å². The summed E-state index contributed by atoms with van der Waals surface area (Å²) in [7, 11) is 0. The van der Waals surface area contributed by atoms with Crippen LogP contribution in [-0.2, 0) is 0 Å². The van der Waals surface area contributed by atoms with Gasteiger partial charge in [0.25, 0.3) is 0 Å². The number of benzene rings is 1. The van der Waals surface area contributed by atoms with E-state index in [0.29, 0.717) is 23.0 Å². The highest BCUT2D eigenvalue weighted by Crippen LogP contribution is 2.55. The Morgan fingerprint density at radius 2 is 1.14 bits per heavy atom. The first-order valence-corrected chi connectivity index (χ1v) is 9.61. The number of carbonyl (C=O) groups excluding carboxylic acids is 2. The van der Waals surface area contributed by atoms with Gasteiger partial charge in [-0.3, -0.25) is 9.97 Å². The van der Waals surface area contributed by atoms with E-state index >= 15 is 0 Å². The third kappa shape index (κ3) is 3.27. The number of fused-ring (bicyclic) bond motifs is 5. The lowest BCUT2D eigenvalue weighted by Gasteiger charge is -2.19. The molecule has 5 rings (SSSR count). The van der Waals surface area contributed by atoms with Crippen molar-refractivity contribution in [3.63, 3.8) is 0 Å². The van der Waals surface area contributed by atoms with Crippen molar-refractivity contribution in [3.8, 4) is 11.5 Å². The third-order valence-corrected chi connectivity index (χ3v) is 5.70. The lowest BCUT2D eigenvalue weighted by molar-refractivity contribution is 0.0682. The van der Waals surface area contributed by atoms with Crippen LogP contribution >= 0.6 is 0 Å². The second kappa shape index (κ2) is 7.13. The second-order valence-corrected chi connectivity index (χ2v) is 7.39. The zero-order valence-electron chi connectivity index (χ0n) is 15.6. The van der Waals surface area contributed by atoms with E-state index in [4.69, 9.17) is 9.47 Å². The molecule has 144 valence electrons. The molecular weight excluding hydrogens is 368 g/mol. The van der Waals surface area contributed by atoms with Gasteiger partial charge in [-0.1, -0.05) is 0 Å². The van der Waals surface area contributed by atoms with Gasteiger partial charge in [-0.15, -0.1) is 0 Å². The Kier molecular flexibility index (Phi) is 4.31. The van der Waals surface area contributed by atoms with Crippen molar-refractivity contribution in [2.45, 2.75) is 31.1 Å². The highest BCUT2D eigenvalue weighted by atomic mass is 16.6. The van der Waals surface area contributed by atoms with Crippen molar-refractivity contribution in [2.24, 2.45) is 0 Å². The number of nitrogens with zero attached hydrogens (tertiary/aromatic N) is 2. The molecule has 6 heteroatoms. The zero-order valence-corrected chi connectivity index (χ0v) is 15.6. The SMILES string of the molecule is O=C(Oc1cc2c(cc1OC(=O)c1ccncc1)C1CCC2C1)c1ccncc1. The molecule has 2 aromatic heterocycles. The van der Waals surface area contributed by atoms with Crippen molar-refractivity contribution in [2.75, 3.05) is 0 Å². The summed E-state index contributed by atoms with van der Waals surface area (Å²) in [6.07, 6.45) is 9.52. The van der Waals surface area contributed by atoms with Gasteiger partial charge in [0.1, 0.15) is 0 Å². The molecule has 0 spiro atoms. The summed E-state index contributed by atoms with van der Waals surface area (Å²) in [6.45, 7) is 0. The van der Waals surface area contributed by atoms with E-state index < -0.39 is 11.9 Å². The number of aromatic nitrogens is 2. The Morgan fingerprint density at radius 3 is 1.55 bits per heavy atom. The van der Waals surface area contributed by atoms with E-state index in [9.17, 15) is 9.59 Å². The molecule has 2 heterocycles. The van der Waals surface area contributed by atoms with Gasteiger partial charge in [-0.2, -0.15) is 0 Å². The topological polar surface area (TPSA) is 78.4 Å². The normalized spacial score (nSPS) is 18.9. The molecule has 0 aliphatic heterocycles. The van der Waals surface area contributed by atoms with Crippen LogP contribution in [0.25, 0.3) is 0 Å². The largest absolute Gasteiger partial charge is 0.419 e. The monoisotopic (exact) mass is 386 g/mol. The Balaban J connectivity index is 1.49. The Morgan fingerprint density at radius 1 is 0.724 bits per heavy atom. The fraction of sp³-hybridized carbons (Fsp3) is 0.217. The lowest BCUT2D eigenvalue weighted by Crippen LogP contribution is -2.14. The quantitative estimate of drug-likeness (QED) is 0.492. The lowest BCUT2D eigenvalue weighted by atomic mass is 9.91. The molecule has 0 N–H and O–H groups in total. The van der Waals surface area contributed by atoms with Gasteiger partial charge in [0.15, 0.2) is 11.5 Å². The van der Waals surface area contributed by atoms with Crippen molar-refractivity contribution in [3.05, 3.63) is 83.4 Å². The van der Waals surface area contributed by atoms with Gasteiger partial charge in [-0.25, -0.2) is 9.59 Å². The highest BCUT2D eigenvalue weighted by molar-refractivity contribution is 5.93. The minimum atomic E-state index is -0.517. The third-order valence-electron chi connectivity index (χ3n) is 5.70. The summed E-state index contributed by atoms with van der Waals surface area (Å²) in [5, 5.41) is 0. The number of rotatable bonds is 4. The number of pyridine rings is 2. The first-order valence-electron chi connectivity index (χ1n) is 9.61. The molecule has 0 amide bonds. The van der Waals surface area contributed by atoms with E-state index in [-0.39, 0.29) is 11.5 Å². The molecule has 2 aliphatic rings. The Hall–Kier alpha value is -3.54. The van der Waals surface area contributed by atoms with Gasteiger partial charge >= 0.3 is 11.9 Å². The Bertz CT molecular complexity index is 996. The summed E-state index contributed by atoms with van der Waals surface area (Å²) in [6, 6.07) is 10.1. The molecule has 1 fully saturated rings. The van der Waals surface area contributed by atoms with Crippen LogP contribution in [0, 0.1) is 0 Å². The molecule has 1 aromatic carbocycles. The predicted molar refractivity (Wildman–Crippen MR) is 104 cm³/mol. The number of esters is 2. The van der Waals surface area contributed by atoms with Gasteiger partial charge in [-0.05, 0) is 78.6 Å². The maximum absolute atomic E-state index is 12.6. The summed E-state index contributed by atoms with van der Waals surface area (Å²) >= 11 is 0. The number of ether oxygens (including phenoxy) is 2. The van der Waals surface area contributed by atoms with Gasteiger partial charge in [0, 0.05) is 24.8 Å². The molecule has 2 aliphatic carbocycles. The first kappa shape index (κ1) is 17.6. The van der Waals surface area contributed by atoms with Crippen molar-refractivity contribution in [1.29, 1.82) is 0 Å².